The molecule has 9 nitrogen and oxygen atoms in total. The van der Waals surface area contributed by atoms with Crippen molar-refractivity contribution in [2.75, 3.05) is 20.1 Å². The normalized spacial score (nSPS) is 20.3. The van der Waals surface area contributed by atoms with Crippen LogP contribution in [0.15, 0.2) is 46.4 Å². The Morgan fingerprint density at radius 2 is 2.03 bits per heavy atom. The maximum absolute atomic E-state index is 13.2. The Bertz CT molecular complexity index is 1270. The molecule has 0 amide bonds. The summed E-state index contributed by atoms with van der Waals surface area (Å²) in [5, 5.41) is 8.13. The molecule has 12 heteroatoms. The number of alkyl halides is 3. The summed E-state index contributed by atoms with van der Waals surface area (Å²) in [4.78, 5) is 14.6. The first-order chi connectivity index (χ1) is 16.1. The standard InChI is InChI=1S/C22H25F3N8O/c1-13-10-32(12-18(34-13)15-11-31(5)29-14(15)2)21(27-4)8-16(26-3)17-9-28-20-7-6-19(22(23,24)25)30-33(17)20/h6-9,11,13,18H,4,10,12H2,1-3,5H3/b21-8+,26-16+/t13-,18+/m0/s1. The number of aromatic nitrogens is 5. The van der Waals surface area contributed by atoms with E-state index in [0.717, 1.165) is 21.8 Å². The fraction of sp³-hybridized carbons (Fsp3) is 0.409. The number of rotatable bonds is 5. The SMILES string of the molecule is C=N/C(=C\C(=N/C)c1cnc2ccc(C(F)(F)F)nn12)N1C[C@H](C)O[C@@H](c2cn(C)nc2C)C1. The minimum atomic E-state index is -4.58. The topological polar surface area (TPSA) is 85.2 Å². The fourth-order valence-electron chi connectivity index (χ4n) is 4.06. The molecule has 4 rings (SSSR count). The van der Waals surface area contributed by atoms with Gasteiger partial charge in [0.2, 0.25) is 0 Å². The molecule has 2 atom stereocenters. The highest BCUT2D eigenvalue weighted by atomic mass is 19.4. The van der Waals surface area contributed by atoms with Gasteiger partial charge in [0.15, 0.2) is 11.3 Å². The van der Waals surface area contributed by atoms with Crippen molar-refractivity contribution in [3.05, 3.63) is 59.1 Å². The lowest BCUT2D eigenvalue weighted by atomic mass is 10.1. The highest BCUT2D eigenvalue weighted by Crippen LogP contribution is 2.30. The third kappa shape index (κ3) is 4.58. The van der Waals surface area contributed by atoms with Gasteiger partial charge in [0.1, 0.15) is 17.6 Å². The molecule has 0 N–H and O–H groups in total. The molecule has 0 aromatic carbocycles. The van der Waals surface area contributed by atoms with E-state index in [0.29, 0.717) is 30.3 Å². The summed E-state index contributed by atoms with van der Waals surface area (Å²) in [6, 6.07) is 2.17. The molecule has 34 heavy (non-hydrogen) atoms. The van der Waals surface area contributed by atoms with E-state index in [9.17, 15) is 13.2 Å². The van der Waals surface area contributed by atoms with Crippen LogP contribution in [-0.2, 0) is 18.0 Å². The molecule has 0 spiro atoms. The molecule has 0 aliphatic carbocycles. The molecule has 1 aliphatic heterocycles. The molecule has 4 heterocycles. The van der Waals surface area contributed by atoms with Gasteiger partial charge in [-0.05, 0) is 32.7 Å². The number of imidazole rings is 1. The minimum absolute atomic E-state index is 0.0997. The van der Waals surface area contributed by atoms with E-state index in [4.69, 9.17) is 4.74 Å². The third-order valence-corrected chi connectivity index (χ3v) is 5.57. The highest BCUT2D eigenvalue weighted by molar-refractivity contribution is 6.08. The van der Waals surface area contributed by atoms with E-state index in [1.165, 1.54) is 12.3 Å². The largest absolute Gasteiger partial charge is 0.435 e. The smallest absolute Gasteiger partial charge is 0.367 e. The Hall–Kier alpha value is -3.54. The van der Waals surface area contributed by atoms with Crippen LogP contribution in [0.4, 0.5) is 13.2 Å². The first-order valence-corrected chi connectivity index (χ1v) is 10.6. The van der Waals surface area contributed by atoms with Gasteiger partial charge < -0.3 is 9.64 Å². The Morgan fingerprint density at radius 1 is 1.26 bits per heavy atom. The maximum Gasteiger partial charge on any atom is 0.435 e. The zero-order valence-electron chi connectivity index (χ0n) is 19.3. The lowest BCUT2D eigenvalue weighted by Crippen LogP contribution is -2.42. The molecular formula is C22H25F3N8O. The molecule has 0 unspecified atom stereocenters. The molecule has 1 fully saturated rings. The van der Waals surface area contributed by atoms with Crippen LogP contribution in [0.5, 0.6) is 0 Å². The van der Waals surface area contributed by atoms with Gasteiger partial charge in [0, 0.05) is 38.5 Å². The van der Waals surface area contributed by atoms with Crippen molar-refractivity contribution in [3.8, 4) is 0 Å². The number of allylic oxidation sites excluding steroid dienone is 1. The van der Waals surface area contributed by atoms with Crippen LogP contribution in [0.3, 0.4) is 0 Å². The molecule has 0 saturated carbocycles. The quantitative estimate of drug-likeness (QED) is 0.530. The van der Waals surface area contributed by atoms with Crippen molar-refractivity contribution in [2.45, 2.75) is 32.2 Å². The average molecular weight is 474 g/mol. The van der Waals surface area contributed by atoms with E-state index in [1.807, 2.05) is 32.0 Å². The summed E-state index contributed by atoms with van der Waals surface area (Å²) >= 11 is 0. The zero-order chi connectivity index (χ0) is 24.6. The number of halogens is 3. The van der Waals surface area contributed by atoms with Crippen molar-refractivity contribution in [1.29, 1.82) is 0 Å². The van der Waals surface area contributed by atoms with E-state index in [1.54, 1.807) is 17.8 Å². The number of fused-ring (bicyclic) bond motifs is 1. The highest BCUT2D eigenvalue weighted by Gasteiger charge is 2.33. The first kappa shape index (κ1) is 23.6. The fourth-order valence-corrected chi connectivity index (χ4v) is 4.06. The molecule has 0 radical (unpaired) electrons. The molecule has 0 bridgehead atoms. The lowest BCUT2D eigenvalue weighted by Gasteiger charge is -2.38. The van der Waals surface area contributed by atoms with Crippen LogP contribution in [0.1, 0.15) is 35.7 Å². The maximum atomic E-state index is 13.2. The molecule has 3 aromatic heterocycles. The summed E-state index contributed by atoms with van der Waals surface area (Å²) in [6.45, 7) is 8.65. The minimum Gasteiger partial charge on any atom is -0.367 e. The van der Waals surface area contributed by atoms with E-state index in [-0.39, 0.29) is 17.9 Å². The van der Waals surface area contributed by atoms with E-state index < -0.39 is 11.9 Å². The zero-order valence-corrected chi connectivity index (χ0v) is 19.3. The van der Waals surface area contributed by atoms with Gasteiger partial charge in [-0.15, -0.1) is 0 Å². The van der Waals surface area contributed by atoms with E-state index in [2.05, 4.69) is 31.9 Å². The molecular weight excluding hydrogens is 449 g/mol. The molecule has 3 aromatic rings. The Labute approximate surface area is 194 Å². The van der Waals surface area contributed by atoms with Gasteiger partial charge in [-0.1, -0.05) is 0 Å². The van der Waals surface area contributed by atoms with Gasteiger partial charge in [-0.3, -0.25) is 9.67 Å². The predicted octanol–water partition coefficient (Wildman–Crippen LogP) is 3.21. The van der Waals surface area contributed by atoms with Gasteiger partial charge in [0.25, 0.3) is 0 Å². The van der Waals surface area contributed by atoms with Crippen molar-refractivity contribution in [2.24, 2.45) is 17.0 Å². The van der Waals surface area contributed by atoms with Crippen LogP contribution in [-0.4, -0.2) is 67.9 Å². The second-order valence-corrected chi connectivity index (χ2v) is 8.08. The predicted molar refractivity (Wildman–Crippen MR) is 121 cm³/mol. The number of aliphatic imine (C=N–C) groups is 2. The van der Waals surface area contributed by atoms with Crippen LogP contribution in [0.2, 0.25) is 0 Å². The summed E-state index contributed by atoms with van der Waals surface area (Å²) in [5.41, 5.74) is 1.81. The average Bonchev–Trinajstić information content (AvgIpc) is 3.35. The monoisotopic (exact) mass is 474 g/mol. The van der Waals surface area contributed by atoms with Crippen LogP contribution in [0.25, 0.3) is 5.65 Å². The van der Waals surface area contributed by atoms with Gasteiger partial charge in [-0.2, -0.15) is 23.4 Å². The summed E-state index contributed by atoms with van der Waals surface area (Å²) in [5.74, 6) is 0.518. The Morgan fingerprint density at radius 3 is 2.65 bits per heavy atom. The van der Waals surface area contributed by atoms with Crippen LogP contribution < -0.4 is 0 Å². The summed E-state index contributed by atoms with van der Waals surface area (Å²) in [7, 11) is 3.40. The third-order valence-electron chi connectivity index (χ3n) is 5.57. The van der Waals surface area contributed by atoms with Crippen LogP contribution >= 0.6 is 0 Å². The summed E-state index contributed by atoms with van der Waals surface area (Å²) in [6.07, 6.45) is 0.137. The molecule has 1 aliphatic rings. The van der Waals surface area contributed by atoms with Crippen molar-refractivity contribution in [1.82, 2.24) is 29.3 Å². The number of nitrogens with zero attached hydrogens (tertiary/aromatic N) is 8. The Balaban J connectivity index is 1.68. The molecule has 1 saturated heterocycles. The second-order valence-electron chi connectivity index (χ2n) is 8.08. The van der Waals surface area contributed by atoms with E-state index >= 15 is 0 Å². The number of hydrogen-bond donors (Lipinski definition) is 0. The summed E-state index contributed by atoms with van der Waals surface area (Å²) < 4.78 is 48.6. The second kappa shape index (κ2) is 9.01. The molecule has 180 valence electrons. The van der Waals surface area contributed by atoms with Crippen molar-refractivity contribution < 1.29 is 17.9 Å². The lowest BCUT2D eigenvalue weighted by molar-refractivity contribution is -0.141. The first-order valence-electron chi connectivity index (χ1n) is 10.6. The van der Waals surface area contributed by atoms with Crippen LogP contribution in [0, 0.1) is 6.92 Å². The van der Waals surface area contributed by atoms with Gasteiger partial charge in [-0.25, -0.2) is 14.5 Å². The van der Waals surface area contributed by atoms with Gasteiger partial charge in [0.05, 0.1) is 30.3 Å². The number of morpholine rings is 1. The van der Waals surface area contributed by atoms with Gasteiger partial charge >= 0.3 is 6.18 Å². The number of hydrogen-bond acceptors (Lipinski definition) is 7. The Kier molecular flexibility index (Phi) is 6.26. The number of ether oxygens (including phenoxy) is 1. The number of aryl methyl sites for hydroxylation is 2. The van der Waals surface area contributed by atoms with Crippen molar-refractivity contribution in [3.63, 3.8) is 0 Å². The van der Waals surface area contributed by atoms with Crippen molar-refractivity contribution >= 4 is 18.1 Å².